The van der Waals surface area contributed by atoms with Crippen LogP contribution in [0, 0.1) is 13.8 Å². The van der Waals surface area contributed by atoms with E-state index in [1.165, 1.54) is 38.5 Å². The van der Waals surface area contributed by atoms with Gasteiger partial charge in [0.15, 0.2) is 0 Å². The summed E-state index contributed by atoms with van der Waals surface area (Å²) in [4.78, 5) is 21.8. The highest BCUT2D eigenvalue weighted by Gasteiger charge is 2.11. The monoisotopic (exact) mass is 306 g/mol. The molecule has 0 aliphatic rings. The summed E-state index contributed by atoms with van der Waals surface area (Å²) in [6.45, 7) is 6.56. The molecule has 1 rings (SSSR count). The van der Waals surface area contributed by atoms with Gasteiger partial charge in [-0.15, -0.1) is 0 Å². The van der Waals surface area contributed by atoms with Crippen LogP contribution in [0.3, 0.4) is 0 Å². The number of unbranched alkanes of at least 4 members (excludes halogenated alkanes) is 7. The molecule has 0 N–H and O–H groups in total. The fraction of sp³-hybridized carbons (Fsp3) is 0.632. The van der Waals surface area contributed by atoms with E-state index in [-0.39, 0.29) is 0 Å². The highest BCUT2D eigenvalue weighted by Crippen LogP contribution is 2.12. The van der Waals surface area contributed by atoms with Gasteiger partial charge >= 0.3 is 5.97 Å². The lowest BCUT2D eigenvalue weighted by Gasteiger charge is -2.07. The minimum absolute atomic E-state index is 0.402. The van der Waals surface area contributed by atoms with Crippen molar-refractivity contribution in [1.29, 1.82) is 0 Å². The Labute approximate surface area is 134 Å². The van der Waals surface area contributed by atoms with Crippen LogP contribution in [0.2, 0.25) is 0 Å². The van der Waals surface area contributed by atoms with Crippen molar-refractivity contribution in [2.45, 2.75) is 72.1 Å². The number of carbonyl (C=O) groups excluding carboxylic acids is 1. The maximum absolute atomic E-state index is 11.9. The molecule has 0 unspecified atom stereocenters. The molecule has 0 atom stereocenters. The first-order valence-corrected chi connectivity index (χ1v) is 8.56. The molecule has 1 aromatic carbocycles. The van der Waals surface area contributed by atoms with E-state index in [2.05, 4.69) is 6.92 Å². The molecule has 22 heavy (non-hydrogen) atoms. The molecule has 0 saturated heterocycles. The molecular formula is C19H30O3. The van der Waals surface area contributed by atoms with Crippen LogP contribution >= 0.6 is 0 Å². The molecule has 0 aliphatic heterocycles. The zero-order chi connectivity index (χ0) is 16.2. The van der Waals surface area contributed by atoms with E-state index in [0.717, 1.165) is 24.0 Å². The molecule has 0 aromatic heterocycles. The highest BCUT2D eigenvalue weighted by atomic mass is 17.2. The van der Waals surface area contributed by atoms with E-state index in [1.807, 2.05) is 32.0 Å². The summed E-state index contributed by atoms with van der Waals surface area (Å²) in [6.07, 6.45) is 9.91. The lowest BCUT2D eigenvalue weighted by molar-refractivity contribution is -0.241. The summed E-state index contributed by atoms with van der Waals surface area (Å²) in [5.74, 6) is -0.402. The Morgan fingerprint density at radius 3 is 2.27 bits per heavy atom. The fourth-order valence-electron chi connectivity index (χ4n) is 2.39. The van der Waals surface area contributed by atoms with Crippen LogP contribution in [0.15, 0.2) is 18.2 Å². The van der Waals surface area contributed by atoms with Crippen LogP contribution in [0.1, 0.15) is 79.8 Å². The summed E-state index contributed by atoms with van der Waals surface area (Å²) >= 11 is 0. The minimum Gasteiger partial charge on any atom is -0.293 e. The highest BCUT2D eigenvalue weighted by molar-refractivity contribution is 5.90. The van der Waals surface area contributed by atoms with E-state index in [4.69, 9.17) is 9.78 Å². The van der Waals surface area contributed by atoms with E-state index >= 15 is 0 Å². The smallest absolute Gasteiger partial charge is 0.293 e. The quantitative estimate of drug-likeness (QED) is 0.306. The zero-order valence-corrected chi connectivity index (χ0v) is 14.3. The second kappa shape index (κ2) is 11.2. The molecule has 3 heteroatoms. The van der Waals surface area contributed by atoms with Gasteiger partial charge in [0.1, 0.15) is 0 Å². The summed E-state index contributed by atoms with van der Waals surface area (Å²) in [5.41, 5.74) is 2.53. The molecule has 0 heterocycles. The van der Waals surface area contributed by atoms with Gasteiger partial charge in [0.25, 0.3) is 0 Å². The van der Waals surface area contributed by atoms with Crippen LogP contribution in [0.5, 0.6) is 0 Å². The van der Waals surface area contributed by atoms with Crippen molar-refractivity contribution >= 4 is 5.97 Å². The first-order valence-electron chi connectivity index (χ1n) is 8.56. The third kappa shape index (κ3) is 7.60. The van der Waals surface area contributed by atoms with Crippen molar-refractivity contribution in [1.82, 2.24) is 0 Å². The standard InChI is InChI=1S/C19H30O3/c1-4-5-6-7-8-9-10-11-14-21-22-19(20)18-15-16(2)12-13-17(18)3/h12-13,15H,4-11,14H2,1-3H3. The second-order valence-electron chi connectivity index (χ2n) is 5.99. The largest absolute Gasteiger partial charge is 0.373 e. The van der Waals surface area contributed by atoms with Crippen molar-refractivity contribution in [3.05, 3.63) is 34.9 Å². The Kier molecular flexibility index (Phi) is 9.56. The minimum atomic E-state index is -0.402. The van der Waals surface area contributed by atoms with Crippen LogP contribution in [0.4, 0.5) is 0 Å². The predicted octanol–water partition coefficient (Wildman–Crippen LogP) is 5.53. The average molecular weight is 306 g/mol. The molecule has 0 amide bonds. The molecule has 0 fully saturated rings. The number of benzene rings is 1. The topological polar surface area (TPSA) is 35.5 Å². The van der Waals surface area contributed by atoms with Crippen molar-refractivity contribution in [3.8, 4) is 0 Å². The fourth-order valence-corrected chi connectivity index (χ4v) is 2.39. The van der Waals surface area contributed by atoms with Gasteiger partial charge < -0.3 is 0 Å². The van der Waals surface area contributed by atoms with Crippen LogP contribution in [-0.2, 0) is 9.78 Å². The Bertz CT molecular complexity index is 440. The first-order chi connectivity index (χ1) is 10.6. The number of hydrogen-bond donors (Lipinski definition) is 0. The zero-order valence-electron chi connectivity index (χ0n) is 14.3. The molecule has 0 aliphatic carbocycles. The maximum Gasteiger partial charge on any atom is 0.373 e. The third-order valence-electron chi connectivity index (χ3n) is 3.83. The van der Waals surface area contributed by atoms with Gasteiger partial charge in [0.2, 0.25) is 0 Å². The summed E-state index contributed by atoms with van der Waals surface area (Å²) in [7, 11) is 0. The lowest BCUT2D eigenvalue weighted by Crippen LogP contribution is -2.09. The van der Waals surface area contributed by atoms with Crippen LogP contribution in [0.25, 0.3) is 0 Å². The van der Waals surface area contributed by atoms with Gasteiger partial charge in [0.05, 0.1) is 12.2 Å². The van der Waals surface area contributed by atoms with Crippen molar-refractivity contribution in [2.24, 2.45) is 0 Å². The van der Waals surface area contributed by atoms with Crippen LogP contribution < -0.4 is 0 Å². The van der Waals surface area contributed by atoms with Crippen molar-refractivity contribution in [2.75, 3.05) is 6.61 Å². The van der Waals surface area contributed by atoms with E-state index in [9.17, 15) is 4.79 Å². The van der Waals surface area contributed by atoms with E-state index < -0.39 is 5.97 Å². The number of hydrogen-bond acceptors (Lipinski definition) is 3. The molecule has 0 radical (unpaired) electrons. The van der Waals surface area contributed by atoms with Gasteiger partial charge in [-0.25, -0.2) is 4.79 Å². The second-order valence-corrected chi connectivity index (χ2v) is 5.99. The Balaban J connectivity index is 2.07. The normalized spacial score (nSPS) is 10.7. The summed E-state index contributed by atoms with van der Waals surface area (Å²) < 4.78 is 0. The van der Waals surface area contributed by atoms with E-state index in [1.54, 1.807) is 0 Å². The van der Waals surface area contributed by atoms with Gasteiger partial charge in [0, 0.05) is 0 Å². The molecule has 1 aromatic rings. The molecule has 0 bridgehead atoms. The number of carbonyl (C=O) groups is 1. The van der Waals surface area contributed by atoms with Crippen LogP contribution in [-0.4, -0.2) is 12.6 Å². The first kappa shape index (κ1) is 18.7. The van der Waals surface area contributed by atoms with Crippen molar-refractivity contribution < 1.29 is 14.6 Å². The number of aryl methyl sites for hydroxylation is 2. The van der Waals surface area contributed by atoms with E-state index in [0.29, 0.717) is 12.2 Å². The Morgan fingerprint density at radius 2 is 1.59 bits per heavy atom. The van der Waals surface area contributed by atoms with Gasteiger partial charge in [-0.05, 0) is 31.9 Å². The third-order valence-corrected chi connectivity index (χ3v) is 3.83. The maximum atomic E-state index is 11.9. The molecule has 0 saturated carbocycles. The van der Waals surface area contributed by atoms with Gasteiger partial charge in [-0.1, -0.05) is 69.6 Å². The lowest BCUT2D eigenvalue weighted by atomic mass is 10.1. The summed E-state index contributed by atoms with van der Waals surface area (Å²) in [6, 6.07) is 5.73. The van der Waals surface area contributed by atoms with Gasteiger partial charge in [-0.3, -0.25) is 4.89 Å². The summed E-state index contributed by atoms with van der Waals surface area (Å²) in [5, 5.41) is 0. The molecule has 3 nitrogen and oxygen atoms in total. The Hall–Kier alpha value is -1.35. The predicted molar refractivity (Wildman–Crippen MR) is 89.9 cm³/mol. The van der Waals surface area contributed by atoms with Gasteiger partial charge in [-0.2, -0.15) is 4.89 Å². The SMILES string of the molecule is CCCCCCCCCCOOC(=O)c1cc(C)ccc1C. The van der Waals surface area contributed by atoms with Crippen molar-refractivity contribution in [3.63, 3.8) is 0 Å². The molecular weight excluding hydrogens is 276 g/mol. The number of rotatable bonds is 11. The molecule has 0 spiro atoms. The molecule has 124 valence electrons. The Morgan fingerprint density at radius 1 is 0.955 bits per heavy atom. The average Bonchev–Trinajstić information content (AvgIpc) is 2.51.